The van der Waals surface area contributed by atoms with Crippen LogP contribution in [0.5, 0.6) is 17.2 Å². The minimum Gasteiger partial charge on any atom is -0.409 e. The number of rotatable bonds is 6. The Bertz CT molecular complexity index is 582. The molecule has 0 amide bonds. The summed E-state index contributed by atoms with van der Waals surface area (Å²) in [6, 6.07) is 28.5. The van der Waals surface area contributed by atoms with Crippen LogP contribution in [0.4, 0.5) is 0 Å². The molecule has 0 unspecified atom stereocenters. The molecule has 0 bridgehead atoms. The molecule has 3 radical (unpaired) electrons. The Labute approximate surface area is 139 Å². The number of hydrogen-bond acceptors (Lipinski definition) is 3. The topological polar surface area (TPSA) is 27.7 Å². The molecule has 0 atom stereocenters. The Morgan fingerprint density at radius 1 is 0.435 bits per heavy atom. The van der Waals surface area contributed by atoms with Crippen molar-refractivity contribution >= 4 is 17.0 Å². The van der Waals surface area contributed by atoms with Crippen LogP contribution in [0, 0.1) is 0 Å². The van der Waals surface area contributed by atoms with E-state index in [1.165, 1.54) is 0 Å². The first-order valence-corrected chi connectivity index (χ1v) is 7.99. The second-order valence-electron chi connectivity index (χ2n) is 4.44. The van der Waals surface area contributed by atoms with Crippen molar-refractivity contribution in [3.8, 4) is 17.2 Å². The second kappa shape index (κ2) is 8.87. The summed E-state index contributed by atoms with van der Waals surface area (Å²) in [4.78, 5) is 0. The highest BCUT2D eigenvalue weighted by atomic mass is 31.2. The average molecular weight is 321 g/mol. The Balaban J connectivity index is 0.00000192. The van der Waals surface area contributed by atoms with Crippen LogP contribution in [0.2, 0.25) is 0 Å². The fraction of sp³-hybridized carbons (Fsp3) is 0. The Morgan fingerprint density at radius 3 is 0.957 bits per heavy atom. The molecule has 5 heteroatoms. The minimum absolute atomic E-state index is 0. The molecule has 0 aliphatic heterocycles. The van der Waals surface area contributed by atoms with Gasteiger partial charge in [-0.05, 0) is 36.4 Å². The van der Waals surface area contributed by atoms with Crippen molar-refractivity contribution in [3.05, 3.63) is 91.0 Å². The molecular formula is C18H15BO3P. The molecule has 3 aromatic carbocycles. The SMILES string of the molecule is [B].c1ccc(OP(Oc2ccccc2)Oc2ccccc2)cc1. The van der Waals surface area contributed by atoms with Gasteiger partial charge in [0.2, 0.25) is 0 Å². The van der Waals surface area contributed by atoms with E-state index in [1.54, 1.807) is 0 Å². The van der Waals surface area contributed by atoms with E-state index in [0.717, 1.165) is 0 Å². The van der Waals surface area contributed by atoms with Crippen LogP contribution in [0.25, 0.3) is 0 Å². The first-order chi connectivity index (χ1) is 10.9. The van der Waals surface area contributed by atoms with Gasteiger partial charge in [-0.2, -0.15) is 0 Å². The van der Waals surface area contributed by atoms with E-state index < -0.39 is 8.60 Å². The van der Waals surface area contributed by atoms with E-state index in [-0.39, 0.29) is 8.41 Å². The summed E-state index contributed by atoms with van der Waals surface area (Å²) in [5.74, 6) is 2.13. The van der Waals surface area contributed by atoms with E-state index in [0.29, 0.717) is 17.2 Å². The number of benzene rings is 3. The largest absolute Gasteiger partial charge is 0.530 e. The van der Waals surface area contributed by atoms with Gasteiger partial charge in [-0.25, -0.2) is 0 Å². The lowest BCUT2D eigenvalue weighted by molar-refractivity contribution is 0.388. The summed E-state index contributed by atoms with van der Waals surface area (Å²) in [6.07, 6.45) is 0. The molecule has 0 saturated carbocycles. The molecule has 0 aliphatic rings. The fourth-order valence-electron chi connectivity index (χ4n) is 1.76. The van der Waals surface area contributed by atoms with Crippen molar-refractivity contribution in [2.75, 3.05) is 0 Å². The zero-order valence-electron chi connectivity index (χ0n) is 12.4. The van der Waals surface area contributed by atoms with Crippen LogP contribution < -0.4 is 13.6 Å². The lowest BCUT2D eigenvalue weighted by Crippen LogP contribution is -2.02. The van der Waals surface area contributed by atoms with Gasteiger partial charge in [-0.1, -0.05) is 54.6 Å². The van der Waals surface area contributed by atoms with Gasteiger partial charge < -0.3 is 13.6 Å². The van der Waals surface area contributed by atoms with Gasteiger partial charge in [-0.15, -0.1) is 0 Å². The van der Waals surface area contributed by atoms with E-state index in [2.05, 4.69) is 0 Å². The molecule has 23 heavy (non-hydrogen) atoms. The smallest absolute Gasteiger partial charge is 0.409 e. The molecule has 0 fully saturated rings. The van der Waals surface area contributed by atoms with Crippen molar-refractivity contribution in [2.45, 2.75) is 0 Å². The van der Waals surface area contributed by atoms with Gasteiger partial charge in [0.1, 0.15) is 17.2 Å². The van der Waals surface area contributed by atoms with Crippen LogP contribution in [-0.4, -0.2) is 8.41 Å². The molecule has 113 valence electrons. The molecule has 0 aromatic heterocycles. The monoisotopic (exact) mass is 321 g/mol. The second-order valence-corrected chi connectivity index (χ2v) is 5.43. The summed E-state index contributed by atoms with van der Waals surface area (Å²) in [7, 11) is -1.59. The van der Waals surface area contributed by atoms with E-state index in [9.17, 15) is 0 Å². The normalized spacial score (nSPS) is 9.78. The van der Waals surface area contributed by atoms with Crippen molar-refractivity contribution < 1.29 is 13.6 Å². The first kappa shape index (κ1) is 16.9. The molecule has 0 N–H and O–H groups in total. The Hall–Kier alpha value is -2.45. The first-order valence-electron chi connectivity index (χ1n) is 6.89. The van der Waals surface area contributed by atoms with Crippen LogP contribution in [0.3, 0.4) is 0 Å². The average Bonchev–Trinajstić information content (AvgIpc) is 2.57. The number of para-hydroxylation sites is 3. The summed E-state index contributed by atoms with van der Waals surface area (Å²) in [6.45, 7) is 0. The van der Waals surface area contributed by atoms with Crippen LogP contribution in [0.1, 0.15) is 0 Å². The summed E-state index contributed by atoms with van der Waals surface area (Å²) < 4.78 is 17.5. The van der Waals surface area contributed by atoms with Gasteiger partial charge in [0.05, 0.1) is 0 Å². The molecule has 3 aromatic rings. The maximum Gasteiger partial charge on any atom is 0.530 e. The fourth-order valence-corrected chi connectivity index (χ4v) is 2.75. The zero-order valence-corrected chi connectivity index (χ0v) is 13.3. The predicted molar refractivity (Wildman–Crippen MR) is 93.9 cm³/mol. The van der Waals surface area contributed by atoms with E-state index in [4.69, 9.17) is 13.6 Å². The maximum absolute atomic E-state index is 5.84. The molecule has 0 aliphatic carbocycles. The summed E-state index contributed by atoms with van der Waals surface area (Å²) >= 11 is 0. The van der Waals surface area contributed by atoms with Gasteiger partial charge in [0, 0.05) is 8.41 Å². The minimum atomic E-state index is -1.59. The maximum atomic E-state index is 5.84. The van der Waals surface area contributed by atoms with Crippen LogP contribution >= 0.6 is 8.60 Å². The van der Waals surface area contributed by atoms with Crippen molar-refractivity contribution in [1.82, 2.24) is 0 Å². The third kappa shape index (κ3) is 5.35. The standard InChI is InChI=1S/C18H15O3P.B/c1-4-10-16(11-5-1)19-22(20-17-12-6-2-7-13-17)21-18-14-8-3-9-15-18;/h1-15H;. The summed E-state index contributed by atoms with van der Waals surface area (Å²) in [5.41, 5.74) is 0. The van der Waals surface area contributed by atoms with Crippen molar-refractivity contribution in [1.29, 1.82) is 0 Å². The molecule has 0 heterocycles. The van der Waals surface area contributed by atoms with Gasteiger partial charge in [0.25, 0.3) is 0 Å². The molecule has 3 nitrogen and oxygen atoms in total. The Morgan fingerprint density at radius 2 is 0.696 bits per heavy atom. The molecule has 0 saturated heterocycles. The highest BCUT2D eigenvalue weighted by Crippen LogP contribution is 2.41. The lowest BCUT2D eigenvalue weighted by atomic mass is 10.3. The zero-order chi connectivity index (χ0) is 15.0. The van der Waals surface area contributed by atoms with Crippen molar-refractivity contribution in [2.24, 2.45) is 0 Å². The van der Waals surface area contributed by atoms with E-state index >= 15 is 0 Å². The molecule has 0 spiro atoms. The molecular weight excluding hydrogens is 306 g/mol. The highest BCUT2D eigenvalue weighted by molar-refractivity contribution is 7.43. The predicted octanol–water partition coefficient (Wildman–Crippen LogP) is 5.07. The molecule has 3 rings (SSSR count). The third-order valence-electron chi connectivity index (χ3n) is 2.77. The van der Waals surface area contributed by atoms with Crippen molar-refractivity contribution in [3.63, 3.8) is 0 Å². The Kier molecular flexibility index (Phi) is 6.52. The van der Waals surface area contributed by atoms with Gasteiger partial charge >= 0.3 is 8.60 Å². The lowest BCUT2D eigenvalue weighted by Gasteiger charge is -2.17. The van der Waals surface area contributed by atoms with Gasteiger partial charge in [-0.3, -0.25) is 0 Å². The highest BCUT2D eigenvalue weighted by Gasteiger charge is 2.19. The van der Waals surface area contributed by atoms with Crippen LogP contribution in [-0.2, 0) is 0 Å². The van der Waals surface area contributed by atoms with Gasteiger partial charge in [0.15, 0.2) is 0 Å². The van der Waals surface area contributed by atoms with E-state index in [1.807, 2.05) is 91.0 Å². The third-order valence-corrected chi connectivity index (χ3v) is 3.85. The number of hydrogen-bond donors (Lipinski definition) is 0. The summed E-state index contributed by atoms with van der Waals surface area (Å²) in [5, 5.41) is 0. The van der Waals surface area contributed by atoms with Crippen LogP contribution in [0.15, 0.2) is 91.0 Å². The quantitative estimate of drug-likeness (QED) is 0.469.